The van der Waals surface area contributed by atoms with Gasteiger partial charge in [0.2, 0.25) is 5.91 Å². The molecule has 2 unspecified atom stereocenters. The number of carbonyl (C=O) groups is 2. The summed E-state index contributed by atoms with van der Waals surface area (Å²) in [5.41, 5.74) is 0. The summed E-state index contributed by atoms with van der Waals surface area (Å²) in [6.07, 6.45) is 70.0. The van der Waals surface area contributed by atoms with E-state index in [1.165, 1.54) is 218 Å². The van der Waals surface area contributed by atoms with E-state index in [-0.39, 0.29) is 18.5 Å². The quantitative estimate of drug-likeness (QED) is 0.0321. The minimum atomic E-state index is -0.848. The Labute approximate surface area is 410 Å². The Morgan fingerprint density at radius 2 is 0.758 bits per heavy atom. The highest BCUT2D eigenvalue weighted by atomic mass is 16.5. The SMILES string of the molecule is CCCCCCC/C=C\CCCCCCCC(=O)OCC/C=C\C/C=C\CCCCCCCCCCCCCCCCC(=O)NC(CO)C(O)/C=C/CCCCCCCCCCCCCC. The summed E-state index contributed by atoms with van der Waals surface area (Å²) < 4.78 is 5.40. The van der Waals surface area contributed by atoms with Crippen LogP contribution in [0.4, 0.5) is 0 Å². The molecule has 2 atom stereocenters. The Kier molecular flexibility index (Phi) is 53.6. The summed E-state index contributed by atoms with van der Waals surface area (Å²) in [5, 5.41) is 23.1. The molecule has 0 aromatic rings. The van der Waals surface area contributed by atoms with Crippen LogP contribution in [-0.4, -0.2) is 47.4 Å². The van der Waals surface area contributed by atoms with Crippen molar-refractivity contribution in [3.8, 4) is 0 Å². The number of amides is 1. The molecule has 0 aliphatic heterocycles. The largest absolute Gasteiger partial charge is 0.465 e. The van der Waals surface area contributed by atoms with E-state index in [0.717, 1.165) is 51.4 Å². The predicted molar refractivity (Wildman–Crippen MR) is 287 cm³/mol. The molecule has 0 spiro atoms. The number of rotatable bonds is 53. The molecule has 0 bridgehead atoms. The van der Waals surface area contributed by atoms with Crippen molar-refractivity contribution in [1.29, 1.82) is 0 Å². The lowest BCUT2D eigenvalue weighted by atomic mass is 10.0. The van der Waals surface area contributed by atoms with Crippen LogP contribution in [0.3, 0.4) is 0 Å². The Morgan fingerprint density at radius 3 is 1.17 bits per heavy atom. The molecule has 6 nitrogen and oxygen atoms in total. The maximum absolute atomic E-state index is 12.4. The third-order valence-electron chi connectivity index (χ3n) is 13.1. The first-order valence-corrected chi connectivity index (χ1v) is 28.9. The molecule has 66 heavy (non-hydrogen) atoms. The third-order valence-corrected chi connectivity index (χ3v) is 13.1. The maximum atomic E-state index is 12.4. The van der Waals surface area contributed by atoms with E-state index in [0.29, 0.717) is 19.4 Å². The first kappa shape index (κ1) is 63.8. The molecule has 0 saturated heterocycles. The van der Waals surface area contributed by atoms with Gasteiger partial charge in [-0.15, -0.1) is 0 Å². The fraction of sp³-hybridized carbons (Fsp3) is 0.833. The predicted octanol–water partition coefficient (Wildman–Crippen LogP) is 17.8. The molecule has 0 aliphatic carbocycles. The van der Waals surface area contributed by atoms with Crippen LogP contribution in [0, 0.1) is 0 Å². The van der Waals surface area contributed by atoms with Crippen molar-refractivity contribution in [3.63, 3.8) is 0 Å². The molecular weight excluding hydrogens is 815 g/mol. The summed E-state index contributed by atoms with van der Waals surface area (Å²) in [6.45, 7) is 4.78. The minimum absolute atomic E-state index is 0.0449. The number of hydrogen-bond donors (Lipinski definition) is 3. The zero-order chi connectivity index (χ0) is 47.9. The van der Waals surface area contributed by atoms with E-state index in [9.17, 15) is 19.8 Å². The normalized spacial score (nSPS) is 13.0. The number of esters is 1. The monoisotopic (exact) mass is 926 g/mol. The number of nitrogens with one attached hydrogen (secondary N) is 1. The lowest BCUT2D eigenvalue weighted by Gasteiger charge is -2.20. The molecule has 1 amide bonds. The van der Waals surface area contributed by atoms with Gasteiger partial charge in [-0.2, -0.15) is 0 Å². The van der Waals surface area contributed by atoms with Crippen molar-refractivity contribution in [2.75, 3.05) is 13.2 Å². The second-order valence-corrected chi connectivity index (χ2v) is 19.6. The van der Waals surface area contributed by atoms with Crippen LogP contribution in [0.15, 0.2) is 48.6 Å². The van der Waals surface area contributed by atoms with Gasteiger partial charge in [-0.3, -0.25) is 9.59 Å². The van der Waals surface area contributed by atoms with Crippen LogP contribution in [0.1, 0.15) is 296 Å². The zero-order valence-corrected chi connectivity index (χ0v) is 43.9. The van der Waals surface area contributed by atoms with Crippen LogP contribution in [0.5, 0.6) is 0 Å². The van der Waals surface area contributed by atoms with E-state index in [1.807, 2.05) is 6.08 Å². The Morgan fingerprint density at radius 1 is 0.424 bits per heavy atom. The summed E-state index contributed by atoms with van der Waals surface area (Å²) in [6, 6.07) is -0.632. The molecule has 0 radical (unpaired) electrons. The first-order chi connectivity index (χ1) is 32.5. The minimum Gasteiger partial charge on any atom is -0.465 e. The van der Waals surface area contributed by atoms with Crippen LogP contribution in [0.2, 0.25) is 0 Å². The molecule has 0 aliphatic rings. The van der Waals surface area contributed by atoms with Crippen LogP contribution in [0.25, 0.3) is 0 Å². The summed E-state index contributed by atoms with van der Waals surface area (Å²) in [5.74, 6) is -0.118. The smallest absolute Gasteiger partial charge is 0.305 e. The van der Waals surface area contributed by atoms with E-state index >= 15 is 0 Å². The first-order valence-electron chi connectivity index (χ1n) is 28.9. The Balaban J connectivity index is 3.49. The van der Waals surface area contributed by atoms with E-state index < -0.39 is 12.1 Å². The van der Waals surface area contributed by atoms with Crippen molar-refractivity contribution in [3.05, 3.63) is 48.6 Å². The lowest BCUT2D eigenvalue weighted by Crippen LogP contribution is -2.45. The molecule has 0 aromatic heterocycles. The summed E-state index contributed by atoms with van der Waals surface area (Å²) >= 11 is 0. The van der Waals surface area contributed by atoms with E-state index in [2.05, 4.69) is 55.6 Å². The Hall–Kier alpha value is -2.18. The molecule has 0 saturated carbocycles. The van der Waals surface area contributed by atoms with Crippen molar-refractivity contribution >= 4 is 11.9 Å². The number of ether oxygens (including phenoxy) is 1. The van der Waals surface area contributed by atoms with Gasteiger partial charge in [-0.05, 0) is 77.0 Å². The fourth-order valence-electron chi connectivity index (χ4n) is 8.64. The highest BCUT2D eigenvalue weighted by Crippen LogP contribution is 2.16. The highest BCUT2D eigenvalue weighted by molar-refractivity contribution is 5.76. The molecule has 0 rings (SSSR count). The average Bonchev–Trinajstić information content (AvgIpc) is 3.32. The van der Waals surface area contributed by atoms with Gasteiger partial charge in [-0.1, -0.05) is 255 Å². The van der Waals surface area contributed by atoms with Gasteiger partial charge in [0.25, 0.3) is 0 Å². The number of aliphatic hydroxyl groups is 2. The third kappa shape index (κ3) is 51.2. The fourth-order valence-corrected chi connectivity index (χ4v) is 8.64. The van der Waals surface area contributed by atoms with Crippen molar-refractivity contribution in [1.82, 2.24) is 5.32 Å². The van der Waals surface area contributed by atoms with Gasteiger partial charge >= 0.3 is 5.97 Å². The van der Waals surface area contributed by atoms with Crippen LogP contribution in [-0.2, 0) is 14.3 Å². The van der Waals surface area contributed by atoms with Gasteiger partial charge in [0, 0.05) is 12.8 Å². The topological polar surface area (TPSA) is 95.9 Å². The second-order valence-electron chi connectivity index (χ2n) is 19.6. The lowest BCUT2D eigenvalue weighted by molar-refractivity contribution is -0.143. The van der Waals surface area contributed by atoms with E-state index in [4.69, 9.17) is 4.74 Å². The number of carbonyl (C=O) groups excluding carboxylic acids is 2. The summed E-state index contributed by atoms with van der Waals surface area (Å²) in [4.78, 5) is 24.4. The van der Waals surface area contributed by atoms with Gasteiger partial charge in [0.1, 0.15) is 0 Å². The molecular formula is C60H111NO5. The molecule has 6 heteroatoms. The van der Waals surface area contributed by atoms with Gasteiger partial charge < -0.3 is 20.3 Å². The highest BCUT2D eigenvalue weighted by Gasteiger charge is 2.18. The van der Waals surface area contributed by atoms with Crippen LogP contribution < -0.4 is 5.32 Å². The molecule has 386 valence electrons. The molecule has 0 heterocycles. The number of hydrogen-bond acceptors (Lipinski definition) is 5. The second kappa shape index (κ2) is 55.4. The van der Waals surface area contributed by atoms with Crippen molar-refractivity contribution in [2.24, 2.45) is 0 Å². The Bertz CT molecular complexity index is 1110. The van der Waals surface area contributed by atoms with Gasteiger partial charge in [0.15, 0.2) is 0 Å². The van der Waals surface area contributed by atoms with Gasteiger partial charge in [0.05, 0.1) is 25.4 Å². The molecule has 0 aromatic carbocycles. The molecule has 3 N–H and O–H groups in total. The van der Waals surface area contributed by atoms with Crippen molar-refractivity contribution in [2.45, 2.75) is 309 Å². The zero-order valence-electron chi connectivity index (χ0n) is 43.9. The van der Waals surface area contributed by atoms with Crippen molar-refractivity contribution < 1.29 is 24.5 Å². The standard InChI is InChI=1S/C60H111NO5/c1-3-5-7-9-11-13-15-17-28-32-36-40-44-48-52-58(63)57(56-62)61-59(64)53-49-45-41-37-33-29-26-24-22-20-19-21-23-25-27-31-35-39-43-47-51-55-66-60(65)54-50-46-42-38-34-30-18-16-14-12-10-8-6-4-2/h16,18,31,35,43,47-48,52,57-58,62-63H,3-15,17,19-30,32-34,36-42,44-46,49-51,53-56H2,1-2H3,(H,61,64)/b18-16-,35-31-,47-43-,52-48+. The van der Waals surface area contributed by atoms with Crippen LogP contribution >= 0.6 is 0 Å². The average molecular weight is 927 g/mol. The maximum Gasteiger partial charge on any atom is 0.305 e. The number of unbranched alkanes of at least 4 members (excludes halogenated alkanes) is 36. The van der Waals surface area contributed by atoms with Gasteiger partial charge in [-0.25, -0.2) is 0 Å². The molecule has 0 fully saturated rings. The van der Waals surface area contributed by atoms with E-state index in [1.54, 1.807) is 6.08 Å². The number of allylic oxidation sites excluding steroid dienone is 6. The number of aliphatic hydroxyl groups excluding tert-OH is 2. The summed E-state index contributed by atoms with van der Waals surface area (Å²) in [7, 11) is 0.